The molecule has 9 heteroatoms. The summed E-state index contributed by atoms with van der Waals surface area (Å²) in [5.41, 5.74) is 2.25. The molecule has 37 heavy (non-hydrogen) atoms. The topological polar surface area (TPSA) is 96.8 Å². The fourth-order valence-corrected chi connectivity index (χ4v) is 5.26. The van der Waals surface area contributed by atoms with Gasteiger partial charge in [0.2, 0.25) is 0 Å². The van der Waals surface area contributed by atoms with Crippen LogP contribution < -0.4 is 4.90 Å². The maximum absolute atomic E-state index is 13.4. The molecule has 4 rings (SSSR count). The normalized spacial score (nSPS) is 17.4. The van der Waals surface area contributed by atoms with Gasteiger partial charge in [-0.15, -0.1) is 0 Å². The average Bonchev–Trinajstić information content (AvgIpc) is 3.35. The quantitative estimate of drug-likeness (QED) is 0.180. The highest BCUT2D eigenvalue weighted by atomic mass is 35.5. The molecule has 0 aliphatic carbocycles. The molecule has 2 heterocycles. The van der Waals surface area contributed by atoms with Crippen molar-refractivity contribution in [2.24, 2.45) is 0 Å². The number of Topliss-reactive ketones (excluding diaryl/α,β-unsaturated/α-hetero) is 1. The van der Waals surface area contributed by atoms with Crippen molar-refractivity contribution in [1.29, 1.82) is 0 Å². The number of aromatic nitrogens is 1. The van der Waals surface area contributed by atoms with Gasteiger partial charge in [0, 0.05) is 10.6 Å². The van der Waals surface area contributed by atoms with Crippen LogP contribution in [0.15, 0.2) is 54.1 Å². The van der Waals surface area contributed by atoms with E-state index in [1.165, 1.54) is 4.90 Å². The summed E-state index contributed by atoms with van der Waals surface area (Å²) in [6.07, 6.45) is 0. The fraction of sp³-hybridized carbons (Fsp3) is 0.286. The van der Waals surface area contributed by atoms with E-state index >= 15 is 0 Å². The monoisotopic (exact) mass is 538 g/mol. The Bertz CT molecular complexity index is 1400. The van der Waals surface area contributed by atoms with Gasteiger partial charge in [0.1, 0.15) is 10.6 Å². The second-order valence-electron chi connectivity index (χ2n) is 9.68. The van der Waals surface area contributed by atoms with E-state index in [-0.39, 0.29) is 33.4 Å². The molecule has 192 valence electrons. The van der Waals surface area contributed by atoms with E-state index in [0.717, 1.165) is 16.9 Å². The predicted octanol–water partition coefficient (Wildman–Crippen LogP) is 6.21. The van der Waals surface area contributed by atoms with E-state index < -0.39 is 23.7 Å². The van der Waals surface area contributed by atoms with Gasteiger partial charge in [-0.3, -0.25) is 14.5 Å². The molecule has 1 aromatic heterocycles. The van der Waals surface area contributed by atoms with Crippen LogP contribution in [0, 0.1) is 6.92 Å². The number of aliphatic hydroxyl groups excluding tert-OH is 1. The van der Waals surface area contributed by atoms with Gasteiger partial charge in [-0.1, -0.05) is 68.0 Å². The van der Waals surface area contributed by atoms with Crippen LogP contribution in [0.4, 0.5) is 5.13 Å². The second kappa shape index (κ2) is 10.1. The van der Waals surface area contributed by atoms with Crippen molar-refractivity contribution < 1.29 is 24.2 Å². The lowest BCUT2D eigenvalue weighted by atomic mass is 9.85. The van der Waals surface area contributed by atoms with Gasteiger partial charge in [0.25, 0.3) is 5.78 Å². The zero-order valence-corrected chi connectivity index (χ0v) is 22.7. The summed E-state index contributed by atoms with van der Waals surface area (Å²) < 4.78 is 5.12. The molecule has 1 unspecified atom stereocenters. The minimum absolute atomic E-state index is 0.0682. The fourth-order valence-electron chi connectivity index (χ4n) is 4.15. The number of carbonyl (C=O) groups is 3. The summed E-state index contributed by atoms with van der Waals surface area (Å²) in [7, 11) is 0. The third-order valence-electron chi connectivity index (χ3n) is 6.11. The lowest BCUT2D eigenvalue weighted by Gasteiger charge is -2.24. The van der Waals surface area contributed by atoms with Gasteiger partial charge < -0.3 is 9.84 Å². The SMILES string of the molecule is CCOC(=O)c1sc(N2C(=O)C(=O)/C(=C(/O)c3ccc(Cl)cc3)C2c2ccc(C(C)(C)C)cc2)nc1C. The smallest absolute Gasteiger partial charge is 0.350 e. The summed E-state index contributed by atoms with van der Waals surface area (Å²) in [4.78, 5) is 45.1. The first-order valence-electron chi connectivity index (χ1n) is 11.8. The first-order chi connectivity index (χ1) is 17.4. The molecule has 0 radical (unpaired) electrons. The Labute approximate surface area is 224 Å². The summed E-state index contributed by atoms with van der Waals surface area (Å²) >= 11 is 6.97. The number of thiazole rings is 1. The van der Waals surface area contributed by atoms with Crippen LogP contribution in [-0.4, -0.2) is 34.4 Å². The molecule has 2 aromatic carbocycles. The molecule has 1 saturated heterocycles. The summed E-state index contributed by atoms with van der Waals surface area (Å²) in [5, 5.41) is 11.9. The summed E-state index contributed by atoms with van der Waals surface area (Å²) in [6, 6.07) is 13.0. The van der Waals surface area contributed by atoms with Crippen LogP contribution in [0.2, 0.25) is 5.02 Å². The molecule has 0 spiro atoms. The number of esters is 1. The second-order valence-corrected chi connectivity index (χ2v) is 11.1. The Hall–Kier alpha value is -3.49. The third-order valence-corrected chi connectivity index (χ3v) is 7.50. The first-order valence-corrected chi connectivity index (χ1v) is 13.0. The molecule has 0 saturated carbocycles. The van der Waals surface area contributed by atoms with Crippen molar-refractivity contribution in [2.75, 3.05) is 11.5 Å². The number of benzene rings is 2. The molecule has 1 aliphatic rings. The van der Waals surface area contributed by atoms with Gasteiger partial charge in [0.15, 0.2) is 5.13 Å². The minimum atomic E-state index is -0.953. The van der Waals surface area contributed by atoms with E-state index in [2.05, 4.69) is 25.8 Å². The number of rotatable bonds is 5. The van der Waals surface area contributed by atoms with E-state index in [1.807, 2.05) is 24.3 Å². The van der Waals surface area contributed by atoms with Crippen LogP contribution in [0.5, 0.6) is 0 Å². The summed E-state index contributed by atoms with van der Waals surface area (Å²) in [6.45, 7) is 9.80. The Morgan fingerprint density at radius 1 is 1.11 bits per heavy atom. The van der Waals surface area contributed by atoms with Crippen molar-refractivity contribution in [3.05, 3.63) is 86.4 Å². The first kappa shape index (κ1) is 26.6. The number of aryl methyl sites for hydroxylation is 1. The number of anilines is 1. The molecule has 1 atom stereocenters. The van der Waals surface area contributed by atoms with E-state index in [9.17, 15) is 19.5 Å². The number of halogens is 1. The third kappa shape index (κ3) is 5.04. The zero-order chi connectivity index (χ0) is 27.1. The van der Waals surface area contributed by atoms with Crippen LogP contribution in [0.1, 0.15) is 65.8 Å². The van der Waals surface area contributed by atoms with Crippen LogP contribution >= 0.6 is 22.9 Å². The Balaban J connectivity index is 1.91. The standard InChI is InChI=1S/C28H27ClN2O5S/c1-6-36-26(35)24-15(2)30-27(37-24)31-21(16-7-11-18(12-8-16)28(3,4)5)20(23(33)25(31)34)22(32)17-9-13-19(29)14-10-17/h7-14,21,32H,6H2,1-5H3/b22-20+. The largest absolute Gasteiger partial charge is 0.507 e. The van der Waals surface area contributed by atoms with Crippen LogP contribution in [0.3, 0.4) is 0 Å². The number of hydrogen-bond donors (Lipinski definition) is 1. The van der Waals surface area contributed by atoms with Crippen molar-refractivity contribution in [3.63, 3.8) is 0 Å². The highest BCUT2D eigenvalue weighted by Gasteiger charge is 2.48. The number of nitrogens with zero attached hydrogens (tertiary/aromatic N) is 2. The highest BCUT2D eigenvalue weighted by molar-refractivity contribution is 7.17. The van der Waals surface area contributed by atoms with Crippen LogP contribution in [0.25, 0.3) is 5.76 Å². The maximum Gasteiger partial charge on any atom is 0.350 e. The summed E-state index contributed by atoms with van der Waals surface area (Å²) in [5.74, 6) is -2.55. The number of ketones is 1. The molecule has 7 nitrogen and oxygen atoms in total. The molecule has 1 amide bonds. The Morgan fingerprint density at radius 2 is 1.73 bits per heavy atom. The predicted molar refractivity (Wildman–Crippen MR) is 144 cm³/mol. The van der Waals surface area contributed by atoms with Gasteiger partial charge in [0.05, 0.1) is 23.9 Å². The highest BCUT2D eigenvalue weighted by Crippen LogP contribution is 2.44. The zero-order valence-electron chi connectivity index (χ0n) is 21.2. The molecule has 1 N–H and O–H groups in total. The van der Waals surface area contributed by atoms with E-state index in [4.69, 9.17) is 16.3 Å². The van der Waals surface area contributed by atoms with Crippen molar-refractivity contribution in [1.82, 2.24) is 4.98 Å². The molecular weight excluding hydrogens is 512 g/mol. The lowest BCUT2D eigenvalue weighted by molar-refractivity contribution is -0.132. The number of aliphatic hydroxyl groups is 1. The molecule has 1 aliphatic heterocycles. The lowest BCUT2D eigenvalue weighted by Crippen LogP contribution is -2.29. The van der Waals surface area contributed by atoms with Crippen molar-refractivity contribution in [3.8, 4) is 0 Å². The molecule has 0 bridgehead atoms. The number of hydrogen-bond acceptors (Lipinski definition) is 7. The van der Waals surface area contributed by atoms with Gasteiger partial charge in [-0.25, -0.2) is 9.78 Å². The number of amides is 1. The van der Waals surface area contributed by atoms with E-state index in [1.54, 1.807) is 38.1 Å². The van der Waals surface area contributed by atoms with Gasteiger partial charge >= 0.3 is 11.9 Å². The van der Waals surface area contributed by atoms with Gasteiger partial charge in [-0.05, 0) is 54.7 Å². The minimum Gasteiger partial charge on any atom is -0.507 e. The van der Waals surface area contributed by atoms with Crippen molar-refractivity contribution >= 4 is 51.5 Å². The maximum atomic E-state index is 13.4. The van der Waals surface area contributed by atoms with Crippen LogP contribution in [-0.2, 0) is 19.7 Å². The number of ether oxygens (including phenoxy) is 1. The Morgan fingerprint density at radius 3 is 2.30 bits per heavy atom. The molecular formula is C28H27ClN2O5S. The Kier molecular flexibility index (Phi) is 7.26. The molecule has 3 aromatic rings. The van der Waals surface area contributed by atoms with Gasteiger partial charge in [-0.2, -0.15) is 0 Å². The van der Waals surface area contributed by atoms with E-state index in [0.29, 0.717) is 21.8 Å². The van der Waals surface area contributed by atoms with Crippen molar-refractivity contribution in [2.45, 2.75) is 46.1 Å². The molecule has 1 fully saturated rings. The average molecular weight is 539 g/mol. The number of carbonyl (C=O) groups excluding carboxylic acids is 3.